The van der Waals surface area contributed by atoms with E-state index in [0.717, 1.165) is 11.3 Å². The number of sulfonamides is 1. The summed E-state index contributed by atoms with van der Waals surface area (Å²) in [6.45, 7) is 0. The summed E-state index contributed by atoms with van der Waals surface area (Å²) in [5.74, 6) is -4.97. The van der Waals surface area contributed by atoms with Crippen molar-refractivity contribution < 1.29 is 27.1 Å². The van der Waals surface area contributed by atoms with Crippen LogP contribution in [0.25, 0.3) is 0 Å². The maximum Gasteiger partial charge on any atom is 0.341 e. The minimum absolute atomic E-state index is 0.134. The Labute approximate surface area is 114 Å². The Balaban J connectivity index is 2.53. The van der Waals surface area contributed by atoms with Crippen LogP contribution in [0.4, 0.5) is 13.9 Å². The monoisotopic (exact) mass is 321 g/mol. The number of benzene rings is 1. The Hall–Kier alpha value is -2.14. The number of hydrogen-bond donors (Lipinski definition) is 2. The maximum absolute atomic E-state index is 13.8. The molecular weight excluding hydrogens is 316 g/mol. The number of carboxylic acids is 1. The highest BCUT2D eigenvalue weighted by molar-refractivity contribution is 7.93. The first-order valence-corrected chi connectivity index (χ1v) is 7.19. The third-order valence-electron chi connectivity index (χ3n) is 2.14. The third kappa shape index (κ3) is 2.58. The highest BCUT2D eigenvalue weighted by atomic mass is 32.2. The third-order valence-corrected chi connectivity index (χ3v) is 4.23. The molecule has 7 nitrogen and oxygen atoms in total. The second-order valence-corrected chi connectivity index (χ2v) is 5.87. The highest BCUT2D eigenvalue weighted by Crippen LogP contribution is 2.23. The SMILES string of the molecule is O=C(O)c1c(F)ccc(S(=O)(=O)Nc2nncs2)c1F. The molecule has 0 saturated heterocycles. The van der Waals surface area contributed by atoms with Gasteiger partial charge in [-0.05, 0) is 12.1 Å². The van der Waals surface area contributed by atoms with Crippen molar-refractivity contribution in [1.82, 2.24) is 10.2 Å². The summed E-state index contributed by atoms with van der Waals surface area (Å²) in [7, 11) is -4.43. The van der Waals surface area contributed by atoms with E-state index < -0.39 is 38.1 Å². The van der Waals surface area contributed by atoms with Crippen LogP contribution in [0.3, 0.4) is 0 Å². The van der Waals surface area contributed by atoms with Crippen LogP contribution >= 0.6 is 11.3 Å². The molecule has 0 radical (unpaired) electrons. The smallest absolute Gasteiger partial charge is 0.341 e. The number of carboxylic acid groups (broad SMARTS) is 1. The van der Waals surface area contributed by atoms with Crippen LogP contribution in [-0.2, 0) is 10.0 Å². The van der Waals surface area contributed by atoms with E-state index in [0.29, 0.717) is 12.1 Å². The molecule has 20 heavy (non-hydrogen) atoms. The van der Waals surface area contributed by atoms with Crippen LogP contribution in [0.2, 0.25) is 0 Å². The summed E-state index contributed by atoms with van der Waals surface area (Å²) in [6.07, 6.45) is 0. The number of aromatic carboxylic acids is 1. The van der Waals surface area contributed by atoms with Gasteiger partial charge in [-0.2, -0.15) is 0 Å². The molecule has 2 rings (SSSR count). The van der Waals surface area contributed by atoms with Crippen molar-refractivity contribution in [1.29, 1.82) is 0 Å². The van der Waals surface area contributed by atoms with E-state index in [9.17, 15) is 22.0 Å². The first-order valence-electron chi connectivity index (χ1n) is 4.83. The molecule has 0 bridgehead atoms. The fraction of sp³-hybridized carbons (Fsp3) is 0. The molecule has 2 aromatic rings. The van der Waals surface area contributed by atoms with Gasteiger partial charge in [-0.1, -0.05) is 11.3 Å². The summed E-state index contributed by atoms with van der Waals surface area (Å²) in [5.41, 5.74) is -0.105. The largest absolute Gasteiger partial charge is 0.477 e. The molecule has 2 N–H and O–H groups in total. The molecule has 0 aliphatic carbocycles. The van der Waals surface area contributed by atoms with Gasteiger partial charge in [0.05, 0.1) is 0 Å². The zero-order valence-corrected chi connectivity index (χ0v) is 11.0. The van der Waals surface area contributed by atoms with E-state index in [-0.39, 0.29) is 5.13 Å². The fourth-order valence-corrected chi connectivity index (χ4v) is 3.10. The Kier molecular flexibility index (Phi) is 3.63. The van der Waals surface area contributed by atoms with Crippen LogP contribution in [-0.4, -0.2) is 29.7 Å². The molecule has 0 amide bonds. The van der Waals surface area contributed by atoms with E-state index in [4.69, 9.17) is 5.11 Å². The number of rotatable bonds is 4. The zero-order chi connectivity index (χ0) is 14.9. The highest BCUT2D eigenvalue weighted by Gasteiger charge is 2.27. The molecule has 1 heterocycles. The van der Waals surface area contributed by atoms with Gasteiger partial charge in [-0.25, -0.2) is 22.0 Å². The Morgan fingerprint density at radius 1 is 1.35 bits per heavy atom. The molecule has 0 atom stereocenters. The first kappa shape index (κ1) is 14.3. The average molecular weight is 321 g/mol. The number of nitrogens with one attached hydrogen (secondary N) is 1. The van der Waals surface area contributed by atoms with Crippen LogP contribution in [0.1, 0.15) is 10.4 Å². The van der Waals surface area contributed by atoms with Crippen molar-refractivity contribution in [3.05, 3.63) is 34.8 Å². The Morgan fingerprint density at radius 3 is 2.60 bits per heavy atom. The quantitative estimate of drug-likeness (QED) is 0.879. The standard InChI is InChI=1S/C9H5F2N3O4S2/c10-4-1-2-5(7(11)6(4)8(15)16)20(17,18)14-9-13-12-3-19-9/h1-3H,(H,13,14)(H,15,16). The number of carbonyl (C=O) groups is 1. The minimum Gasteiger partial charge on any atom is -0.477 e. The van der Waals surface area contributed by atoms with Crippen molar-refractivity contribution in [2.45, 2.75) is 4.90 Å². The van der Waals surface area contributed by atoms with Gasteiger partial charge in [0.25, 0.3) is 10.0 Å². The van der Waals surface area contributed by atoms with E-state index in [2.05, 4.69) is 10.2 Å². The predicted molar refractivity (Wildman–Crippen MR) is 64.0 cm³/mol. The zero-order valence-electron chi connectivity index (χ0n) is 9.37. The van der Waals surface area contributed by atoms with Gasteiger partial charge in [0, 0.05) is 0 Å². The van der Waals surface area contributed by atoms with E-state index in [1.807, 2.05) is 4.72 Å². The lowest BCUT2D eigenvalue weighted by Gasteiger charge is -2.08. The first-order chi connectivity index (χ1) is 9.33. The van der Waals surface area contributed by atoms with Crippen molar-refractivity contribution >= 4 is 32.5 Å². The summed E-state index contributed by atoms with van der Waals surface area (Å²) >= 11 is 0.839. The number of anilines is 1. The number of nitrogens with zero attached hydrogens (tertiary/aromatic N) is 2. The van der Waals surface area contributed by atoms with Gasteiger partial charge >= 0.3 is 5.97 Å². The summed E-state index contributed by atoms with van der Waals surface area (Å²) in [4.78, 5) is 9.73. The predicted octanol–water partition coefficient (Wildman–Crippen LogP) is 1.32. The van der Waals surface area contributed by atoms with Crippen molar-refractivity contribution in [3.8, 4) is 0 Å². The summed E-state index contributed by atoms with van der Waals surface area (Å²) < 4.78 is 52.7. The summed E-state index contributed by atoms with van der Waals surface area (Å²) in [5, 5.41) is 15.3. The van der Waals surface area contributed by atoms with Crippen LogP contribution in [0, 0.1) is 11.6 Å². The van der Waals surface area contributed by atoms with Gasteiger partial charge in [-0.3, -0.25) is 4.72 Å². The molecule has 0 aliphatic heterocycles. The molecule has 0 spiro atoms. The molecular formula is C9H5F2N3O4S2. The van der Waals surface area contributed by atoms with Gasteiger partial charge < -0.3 is 5.11 Å². The molecule has 1 aromatic heterocycles. The van der Waals surface area contributed by atoms with E-state index in [1.54, 1.807) is 0 Å². The molecule has 11 heteroatoms. The average Bonchev–Trinajstić information content (AvgIpc) is 2.79. The summed E-state index contributed by atoms with van der Waals surface area (Å²) in [6, 6.07) is 1.18. The Morgan fingerprint density at radius 2 is 2.05 bits per heavy atom. The number of hydrogen-bond acceptors (Lipinski definition) is 6. The van der Waals surface area contributed by atoms with Crippen LogP contribution in [0.15, 0.2) is 22.5 Å². The van der Waals surface area contributed by atoms with Crippen molar-refractivity contribution in [2.75, 3.05) is 4.72 Å². The van der Waals surface area contributed by atoms with Gasteiger partial charge in [-0.15, -0.1) is 10.2 Å². The topological polar surface area (TPSA) is 109 Å². The van der Waals surface area contributed by atoms with Gasteiger partial charge in [0.2, 0.25) is 5.13 Å². The van der Waals surface area contributed by atoms with Crippen molar-refractivity contribution in [3.63, 3.8) is 0 Å². The molecule has 0 fully saturated rings. The van der Waals surface area contributed by atoms with E-state index >= 15 is 0 Å². The second kappa shape index (κ2) is 5.09. The Bertz CT molecular complexity index is 762. The van der Waals surface area contributed by atoms with Gasteiger partial charge in [0.1, 0.15) is 21.8 Å². The fourth-order valence-electron chi connectivity index (χ4n) is 1.32. The maximum atomic E-state index is 13.8. The molecule has 106 valence electrons. The lowest BCUT2D eigenvalue weighted by Crippen LogP contribution is -2.17. The molecule has 1 aromatic carbocycles. The molecule has 0 aliphatic rings. The van der Waals surface area contributed by atoms with E-state index in [1.165, 1.54) is 5.51 Å². The van der Waals surface area contributed by atoms with Crippen molar-refractivity contribution in [2.24, 2.45) is 0 Å². The molecule has 0 unspecified atom stereocenters. The number of halogens is 2. The normalized spacial score (nSPS) is 11.3. The minimum atomic E-state index is -4.43. The van der Waals surface area contributed by atoms with Gasteiger partial charge in [0.15, 0.2) is 5.82 Å². The molecule has 0 saturated carbocycles. The van der Waals surface area contributed by atoms with Crippen LogP contribution in [0.5, 0.6) is 0 Å². The lowest BCUT2D eigenvalue weighted by atomic mass is 10.2. The number of aromatic nitrogens is 2. The second-order valence-electron chi connectivity index (χ2n) is 3.39. The van der Waals surface area contributed by atoms with Crippen LogP contribution < -0.4 is 4.72 Å². The lowest BCUT2D eigenvalue weighted by molar-refractivity contribution is 0.0685.